The fourth-order valence-electron chi connectivity index (χ4n) is 4.11. The quantitative estimate of drug-likeness (QED) is 0.459. The second-order valence-electron chi connectivity index (χ2n) is 8.47. The number of rotatable bonds is 10. The van der Waals surface area contributed by atoms with Crippen LogP contribution in [0.15, 0.2) is 42.5 Å². The van der Waals surface area contributed by atoms with E-state index in [-0.39, 0.29) is 5.92 Å². The summed E-state index contributed by atoms with van der Waals surface area (Å²) in [6.45, 7) is 18.6. The Bertz CT molecular complexity index is 837. The van der Waals surface area contributed by atoms with Gasteiger partial charge in [-0.1, -0.05) is 50.2 Å². The Kier molecular flexibility index (Phi) is 8.29. The van der Waals surface area contributed by atoms with Crippen LogP contribution in [0.5, 0.6) is 5.75 Å². The maximum absolute atomic E-state index is 8.01. The molecule has 0 aliphatic heterocycles. The third-order valence-electron chi connectivity index (χ3n) is 6.12. The number of hydrogen-bond donors (Lipinski definition) is 0. The highest BCUT2D eigenvalue weighted by Gasteiger charge is 2.42. The van der Waals surface area contributed by atoms with Gasteiger partial charge in [0.2, 0.25) is 0 Å². The summed E-state index contributed by atoms with van der Waals surface area (Å²) in [5, 5.41) is 0. The minimum Gasteiger partial charge on any atom is -0.496 e. The lowest BCUT2D eigenvalue weighted by Crippen LogP contribution is -2.31. The molecule has 0 heterocycles. The SMILES string of the molecule is [C-]#[N+]C(CCCN(C)CCc1ccc(C)c(OC)c1)(c1ccccc1C)C(C)C. The summed E-state index contributed by atoms with van der Waals surface area (Å²) in [6, 6.07) is 14.8. The minimum atomic E-state index is -0.434. The van der Waals surface area contributed by atoms with E-state index in [2.05, 4.69) is 87.0 Å². The van der Waals surface area contributed by atoms with E-state index in [1.807, 2.05) is 0 Å². The molecule has 2 aromatic rings. The monoisotopic (exact) mass is 392 g/mol. The molecule has 3 heteroatoms. The topological polar surface area (TPSA) is 16.8 Å². The van der Waals surface area contributed by atoms with Gasteiger partial charge in [0, 0.05) is 24.4 Å². The van der Waals surface area contributed by atoms with Crippen molar-refractivity contribution in [3.05, 3.63) is 76.1 Å². The fourth-order valence-corrected chi connectivity index (χ4v) is 4.11. The molecule has 0 spiro atoms. The van der Waals surface area contributed by atoms with Gasteiger partial charge in [-0.2, -0.15) is 0 Å². The van der Waals surface area contributed by atoms with Crippen LogP contribution in [0.4, 0.5) is 0 Å². The molecule has 0 saturated heterocycles. The van der Waals surface area contributed by atoms with Crippen LogP contribution in [-0.2, 0) is 12.0 Å². The Labute approximate surface area is 177 Å². The predicted octanol–water partition coefficient (Wildman–Crippen LogP) is 6.04. The molecule has 1 atom stereocenters. The zero-order valence-corrected chi connectivity index (χ0v) is 19.0. The summed E-state index contributed by atoms with van der Waals surface area (Å²) < 4.78 is 5.44. The lowest BCUT2D eigenvalue weighted by atomic mass is 9.75. The van der Waals surface area contributed by atoms with E-state index in [9.17, 15) is 0 Å². The van der Waals surface area contributed by atoms with E-state index >= 15 is 0 Å². The maximum atomic E-state index is 8.01. The third-order valence-corrected chi connectivity index (χ3v) is 6.12. The van der Waals surface area contributed by atoms with E-state index in [0.717, 1.165) is 38.1 Å². The highest BCUT2D eigenvalue weighted by molar-refractivity contribution is 5.37. The largest absolute Gasteiger partial charge is 0.496 e. The standard InChI is InChI=1S/C26H36N2O/c1-20(2)26(27-5,24-12-9-8-11-21(24)3)16-10-17-28(6)18-15-23-14-13-22(4)25(19-23)29-7/h8-9,11-14,19-20H,10,15-18H2,1-4,6-7H3. The predicted molar refractivity (Wildman–Crippen MR) is 122 cm³/mol. The Hall–Kier alpha value is -2.31. The number of nitrogens with zero attached hydrogens (tertiary/aromatic N) is 2. The number of benzene rings is 2. The highest BCUT2D eigenvalue weighted by atomic mass is 16.5. The third kappa shape index (κ3) is 5.61. The molecule has 2 rings (SSSR count). The van der Waals surface area contributed by atoms with Crippen LogP contribution >= 0.6 is 0 Å². The van der Waals surface area contributed by atoms with Crippen molar-refractivity contribution in [1.82, 2.24) is 4.90 Å². The van der Waals surface area contributed by atoms with E-state index in [4.69, 9.17) is 11.3 Å². The summed E-state index contributed by atoms with van der Waals surface area (Å²) in [5.74, 6) is 1.24. The van der Waals surface area contributed by atoms with Crippen LogP contribution in [-0.4, -0.2) is 32.1 Å². The highest BCUT2D eigenvalue weighted by Crippen LogP contribution is 2.40. The lowest BCUT2D eigenvalue weighted by Gasteiger charge is -2.28. The van der Waals surface area contributed by atoms with Gasteiger partial charge in [0.25, 0.3) is 5.54 Å². The first-order chi connectivity index (χ1) is 13.8. The summed E-state index contributed by atoms with van der Waals surface area (Å²) >= 11 is 0. The van der Waals surface area contributed by atoms with Gasteiger partial charge in [-0.05, 0) is 63.0 Å². The lowest BCUT2D eigenvalue weighted by molar-refractivity contribution is 0.287. The number of ether oxygens (including phenoxy) is 1. The molecule has 0 bridgehead atoms. The number of aryl methyl sites for hydroxylation is 2. The molecule has 0 saturated carbocycles. The smallest absolute Gasteiger partial charge is 0.260 e. The van der Waals surface area contributed by atoms with Gasteiger partial charge in [-0.3, -0.25) is 0 Å². The normalized spacial score (nSPS) is 13.3. The van der Waals surface area contributed by atoms with Gasteiger partial charge in [0.1, 0.15) is 5.75 Å². The van der Waals surface area contributed by atoms with Gasteiger partial charge >= 0.3 is 0 Å². The van der Waals surface area contributed by atoms with Gasteiger partial charge in [0.15, 0.2) is 0 Å². The van der Waals surface area contributed by atoms with Crippen LogP contribution < -0.4 is 4.74 Å². The molecule has 0 aliphatic rings. The molecule has 0 aliphatic carbocycles. The number of likely N-dealkylation sites (N-methyl/N-ethyl adjacent to an activating group) is 1. The van der Waals surface area contributed by atoms with Crippen LogP contribution in [0, 0.1) is 26.3 Å². The molecule has 156 valence electrons. The van der Waals surface area contributed by atoms with Gasteiger partial charge in [-0.15, -0.1) is 0 Å². The van der Waals surface area contributed by atoms with E-state index in [1.54, 1.807) is 7.11 Å². The number of hydrogen-bond acceptors (Lipinski definition) is 2. The molecular formula is C26H36N2O. The van der Waals surface area contributed by atoms with Crippen molar-refractivity contribution in [2.75, 3.05) is 27.2 Å². The molecule has 29 heavy (non-hydrogen) atoms. The van der Waals surface area contributed by atoms with Crippen molar-refractivity contribution in [3.63, 3.8) is 0 Å². The summed E-state index contributed by atoms with van der Waals surface area (Å²) in [7, 11) is 3.90. The second kappa shape index (κ2) is 10.5. The van der Waals surface area contributed by atoms with Crippen molar-refractivity contribution in [2.45, 2.75) is 52.5 Å². The second-order valence-corrected chi connectivity index (χ2v) is 8.47. The van der Waals surface area contributed by atoms with E-state index < -0.39 is 5.54 Å². The zero-order valence-electron chi connectivity index (χ0n) is 19.0. The molecule has 0 N–H and O–H groups in total. The van der Waals surface area contributed by atoms with E-state index in [1.165, 1.54) is 22.3 Å². The average Bonchev–Trinajstić information content (AvgIpc) is 2.71. The Morgan fingerprint density at radius 3 is 2.41 bits per heavy atom. The number of methoxy groups -OCH3 is 1. The van der Waals surface area contributed by atoms with Crippen LogP contribution in [0.1, 0.15) is 48.9 Å². The van der Waals surface area contributed by atoms with Crippen molar-refractivity contribution in [1.29, 1.82) is 0 Å². The van der Waals surface area contributed by atoms with Crippen molar-refractivity contribution < 1.29 is 4.74 Å². The Balaban J connectivity index is 1.96. The van der Waals surface area contributed by atoms with E-state index in [0.29, 0.717) is 0 Å². The molecule has 2 aromatic carbocycles. The van der Waals surface area contributed by atoms with Crippen molar-refractivity contribution in [2.24, 2.45) is 5.92 Å². The summed E-state index contributed by atoms with van der Waals surface area (Å²) in [5.41, 5.74) is 4.46. The maximum Gasteiger partial charge on any atom is 0.260 e. The Morgan fingerprint density at radius 2 is 1.79 bits per heavy atom. The summed E-state index contributed by atoms with van der Waals surface area (Å²) in [6.07, 6.45) is 2.91. The molecular weight excluding hydrogens is 356 g/mol. The minimum absolute atomic E-state index is 0.284. The Morgan fingerprint density at radius 1 is 1.07 bits per heavy atom. The molecule has 3 nitrogen and oxygen atoms in total. The first-order valence-electron chi connectivity index (χ1n) is 10.6. The van der Waals surface area contributed by atoms with Crippen LogP contribution in [0.2, 0.25) is 0 Å². The summed E-state index contributed by atoms with van der Waals surface area (Å²) in [4.78, 5) is 6.56. The average molecular weight is 393 g/mol. The zero-order chi connectivity index (χ0) is 21.4. The molecule has 0 aromatic heterocycles. The van der Waals surface area contributed by atoms with Gasteiger partial charge in [0.05, 0.1) is 7.11 Å². The van der Waals surface area contributed by atoms with Crippen LogP contribution in [0.25, 0.3) is 4.85 Å². The molecule has 0 fully saturated rings. The van der Waals surface area contributed by atoms with Gasteiger partial charge in [-0.25, -0.2) is 6.57 Å². The molecule has 0 amide bonds. The fraction of sp³-hybridized carbons (Fsp3) is 0.500. The first-order valence-corrected chi connectivity index (χ1v) is 10.6. The van der Waals surface area contributed by atoms with Crippen LogP contribution in [0.3, 0.4) is 0 Å². The van der Waals surface area contributed by atoms with Crippen molar-refractivity contribution >= 4 is 0 Å². The van der Waals surface area contributed by atoms with Gasteiger partial charge < -0.3 is 14.5 Å². The molecule has 1 unspecified atom stereocenters. The van der Waals surface area contributed by atoms with Crippen molar-refractivity contribution in [3.8, 4) is 5.75 Å². The first kappa shape index (κ1) is 23.0. The molecule has 0 radical (unpaired) electrons.